The fourth-order valence-corrected chi connectivity index (χ4v) is 9.38. The topological polar surface area (TPSA) is 108 Å². The molecule has 4 fully saturated rings. The molecule has 3 N–H and O–H groups in total. The Kier molecular flexibility index (Phi) is 6.98. The third kappa shape index (κ3) is 4.18. The van der Waals surface area contributed by atoms with E-state index >= 15 is 0 Å². The zero-order valence-corrected chi connectivity index (χ0v) is 21.9. The smallest absolute Gasteiger partial charge is 0.244 e. The number of benzene rings is 1. The van der Waals surface area contributed by atoms with Crippen LogP contribution >= 0.6 is 11.8 Å². The first-order valence-electron chi connectivity index (χ1n) is 13.3. The van der Waals surface area contributed by atoms with Crippen LogP contribution < -0.4 is 15.4 Å². The van der Waals surface area contributed by atoms with Crippen LogP contribution in [0.2, 0.25) is 0 Å². The van der Waals surface area contributed by atoms with Crippen molar-refractivity contribution in [1.82, 2.24) is 10.2 Å². The lowest BCUT2D eigenvalue weighted by atomic mass is 9.66. The number of amides is 3. The third-order valence-electron chi connectivity index (χ3n) is 8.53. The molecule has 3 aliphatic heterocycles. The largest absolute Gasteiger partial charge is 0.494 e. The highest BCUT2D eigenvalue weighted by Gasteiger charge is 2.77. The van der Waals surface area contributed by atoms with Crippen molar-refractivity contribution in [3.05, 3.63) is 24.3 Å². The molecule has 3 saturated heterocycles. The summed E-state index contributed by atoms with van der Waals surface area (Å²) in [5.74, 6) is -0.909. The predicted molar refractivity (Wildman–Crippen MR) is 139 cm³/mol. The van der Waals surface area contributed by atoms with E-state index in [0.29, 0.717) is 18.7 Å². The van der Waals surface area contributed by atoms with Gasteiger partial charge in [-0.2, -0.15) is 0 Å². The van der Waals surface area contributed by atoms with Crippen molar-refractivity contribution in [3.8, 4) is 5.75 Å². The second kappa shape index (κ2) is 9.89. The van der Waals surface area contributed by atoms with Crippen molar-refractivity contribution in [2.75, 3.05) is 25.1 Å². The summed E-state index contributed by atoms with van der Waals surface area (Å²) in [6.07, 6.45) is 6.79. The third-order valence-corrected chi connectivity index (χ3v) is 10.5. The fraction of sp³-hybridized carbons (Fsp3) is 0.667. The van der Waals surface area contributed by atoms with Gasteiger partial charge in [-0.05, 0) is 63.8 Å². The fourth-order valence-electron chi connectivity index (χ4n) is 7.02. The zero-order valence-electron chi connectivity index (χ0n) is 21.1. The van der Waals surface area contributed by atoms with E-state index in [1.807, 2.05) is 19.1 Å². The van der Waals surface area contributed by atoms with Gasteiger partial charge in [-0.25, -0.2) is 0 Å². The average molecular weight is 516 g/mol. The number of fused-ring (bicyclic) bond motifs is 1. The molecule has 1 spiro atoms. The van der Waals surface area contributed by atoms with E-state index in [4.69, 9.17) is 4.74 Å². The number of anilines is 1. The van der Waals surface area contributed by atoms with Crippen LogP contribution in [0, 0.1) is 11.8 Å². The van der Waals surface area contributed by atoms with E-state index < -0.39 is 27.4 Å². The summed E-state index contributed by atoms with van der Waals surface area (Å²) in [6.45, 7) is 4.43. The predicted octanol–water partition coefficient (Wildman–Crippen LogP) is 2.95. The Bertz CT molecular complexity index is 1010. The number of hydrogen-bond acceptors (Lipinski definition) is 6. The van der Waals surface area contributed by atoms with Crippen molar-refractivity contribution in [3.63, 3.8) is 0 Å². The molecule has 9 heteroatoms. The molecule has 4 aliphatic rings. The number of thioether (sulfide) groups is 1. The van der Waals surface area contributed by atoms with E-state index in [0.717, 1.165) is 37.9 Å². The maximum absolute atomic E-state index is 13.8. The molecule has 0 aromatic heterocycles. The van der Waals surface area contributed by atoms with Crippen molar-refractivity contribution >= 4 is 35.2 Å². The maximum atomic E-state index is 13.8. The van der Waals surface area contributed by atoms with Gasteiger partial charge >= 0.3 is 0 Å². The summed E-state index contributed by atoms with van der Waals surface area (Å²) in [5.41, 5.74) is 0.651. The number of hydrogen-bond donors (Lipinski definition) is 3. The van der Waals surface area contributed by atoms with E-state index in [9.17, 15) is 19.5 Å². The molecular formula is C27H37N3O5S. The molecular weight excluding hydrogens is 478 g/mol. The van der Waals surface area contributed by atoms with E-state index in [-0.39, 0.29) is 36.9 Å². The SMILES string of the molecule is CCOc1ccc(NC(=O)[C@@H]2[C@H]3C(=O)N(CCO)C(C(=O)NC4CCCCC4)C34CC[C@@]2(C)S4)cc1. The Balaban J connectivity index is 1.41. The first kappa shape index (κ1) is 25.4. The molecule has 1 aliphatic carbocycles. The summed E-state index contributed by atoms with van der Waals surface area (Å²) >= 11 is 1.65. The van der Waals surface area contributed by atoms with E-state index in [1.165, 1.54) is 6.42 Å². The van der Waals surface area contributed by atoms with Gasteiger partial charge in [-0.1, -0.05) is 19.3 Å². The summed E-state index contributed by atoms with van der Waals surface area (Å²) in [6, 6.07) is 6.69. The number of aliphatic hydroxyl groups excluding tert-OH is 1. The molecule has 3 amide bonds. The van der Waals surface area contributed by atoms with Gasteiger partial charge in [0.05, 0.1) is 29.8 Å². The Hall–Kier alpha value is -2.26. The van der Waals surface area contributed by atoms with Gasteiger partial charge in [0.15, 0.2) is 0 Å². The van der Waals surface area contributed by atoms with Crippen molar-refractivity contribution in [1.29, 1.82) is 0 Å². The van der Waals surface area contributed by atoms with Crippen LogP contribution in [0.25, 0.3) is 0 Å². The molecule has 0 radical (unpaired) electrons. The highest BCUT2D eigenvalue weighted by atomic mass is 32.2. The number of likely N-dealkylation sites (tertiary alicyclic amines) is 1. The maximum Gasteiger partial charge on any atom is 0.244 e. The monoisotopic (exact) mass is 515 g/mol. The zero-order chi connectivity index (χ0) is 25.5. The molecule has 2 unspecified atom stereocenters. The van der Waals surface area contributed by atoms with Gasteiger partial charge in [0.2, 0.25) is 17.7 Å². The van der Waals surface area contributed by atoms with Gasteiger partial charge < -0.3 is 25.4 Å². The number of nitrogens with zero attached hydrogens (tertiary/aromatic N) is 1. The van der Waals surface area contributed by atoms with Crippen LogP contribution in [-0.4, -0.2) is 69.1 Å². The van der Waals surface area contributed by atoms with Crippen LogP contribution in [0.3, 0.4) is 0 Å². The lowest BCUT2D eigenvalue weighted by molar-refractivity contribution is -0.140. The Morgan fingerprint density at radius 2 is 1.86 bits per heavy atom. The lowest BCUT2D eigenvalue weighted by Gasteiger charge is -2.35. The van der Waals surface area contributed by atoms with E-state index in [1.54, 1.807) is 28.8 Å². The van der Waals surface area contributed by atoms with Gasteiger partial charge in [-0.3, -0.25) is 14.4 Å². The number of aliphatic hydroxyl groups is 1. The van der Waals surface area contributed by atoms with Gasteiger partial charge in [0.1, 0.15) is 11.8 Å². The molecule has 36 heavy (non-hydrogen) atoms. The molecule has 5 atom stereocenters. The Morgan fingerprint density at radius 3 is 2.53 bits per heavy atom. The molecule has 5 rings (SSSR count). The van der Waals surface area contributed by atoms with Crippen LogP contribution in [0.1, 0.15) is 58.8 Å². The van der Waals surface area contributed by atoms with Gasteiger partial charge in [-0.15, -0.1) is 11.8 Å². The molecule has 2 bridgehead atoms. The molecule has 8 nitrogen and oxygen atoms in total. The quantitative estimate of drug-likeness (QED) is 0.491. The summed E-state index contributed by atoms with van der Waals surface area (Å²) in [5, 5.41) is 16.0. The first-order valence-corrected chi connectivity index (χ1v) is 14.1. The number of β-amino-alcohol motifs (C(OH)–C–C–N with tert-alkyl or cyclic N) is 1. The molecule has 1 saturated carbocycles. The van der Waals surface area contributed by atoms with E-state index in [2.05, 4.69) is 17.6 Å². The minimum Gasteiger partial charge on any atom is -0.494 e. The molecule has 196 valence electrons. The number of nitrogens with one attached hydrogen (secondary N) is 2. The molecule has 1 aromatic rings. The van der Waals surface area contributed by atoms with Crippen LogP contribution in [-0.2, 0) is 14.4 Å². The highest BCUT2D eigenvalue weighted by molar-refractivity contribution is 8.02. The number of rotatable bonds is 8. The second-order valence-corrected chi connectivity index (χ2v) is 12.7. The second-order valence-electron chi connectivity index (χ2n) is 10.8. The van der Waals surface area contributed by atoms with Gasteiger partial charge in [0.25, 0.3) is 0 Å². The number of carbonyl (C=O) groups is 3. The van der Waals surface area contributed by atoms with Crippen LogP contribution in [0.5, 0.6) is 5.75 Å². The molecule has 1 aromatic carbocycles. The summed E-state index contributed by atoms with van der Waals surface area (Å²) < 4.78 is 4.41. The normalized spacial score (nSPS) is 33.5. The number of ether oxygens (including phenoxy) is 1. The van der Waals surface area contributed by atoms with Gasteiger partial charge in [0, 0.05) is 23.0 Å². The van der Waals surface area contributed by atoms with Crippen molar-refractivity contribution < 1.29 is 24.2 Å². The van der Waals surface area contributed by atoms with Crippen LogP contribution in [0.4, 0.5) is 5.69 Å². The van der Waals surface area contributed by atoms with Crippen molar-refractivity contribution in [2.24, 2.45) is 11.8 Å². The summed E-state index contributed by atoms with van der Waals surface area (Å²) in [7, 11) is 0. The Morgan fingerprint density at radius 1 is 1.14 bits per heavy atom. The summed E-state index contributed by atoms with van der Waals surface area (Å²) in [4.78, 5) is 42.8. The first-order chi connectivity index (χ1) is 17.3. The molecule has 3 heterocycles. The lowest BCUT2D eigenvalue weighted by Crippen LogP contribution is -2.56. The Labute approximate surface area is 216 Å². The average Bonchev–Trinajstić information content (AvgIpc) is 3.42. The minimum atomic E-state index is -0.667. The number of carbonyl (C=O) groups excluding carboxylic acids is 3. The highest BCUT2D eigenvalue weighted by Crippen LogP contribution is 2.71. The van der Waals surface area contributed by atoms with Crippen molar-refractivity contribution in [2.45, 2.75) is 80.4 Å². The van der Waals surface area contributed by atoms with Crippen LogP contribution in [0.15, 0.2) is 24.3 Å². The minimum absolute atomic E-state index is 0.102. The standard InChI is InChI=1S/C27H37N3O5S/c1-3-35-19-11-9-18(10-12-19)28-23(32)20-21-25(34)30(15-16-31)22(27(21)14-13-26(20,2)36-27)24(33)29-17-7-5-4-6-8-17/h9-12,17,20-22,31H,3-8,13-16H2,1-2H3,(H,28,32)(H,29,33)/t20-,21-,22?,26+,27?/m0/s1.